The Hall–Kier alpha value is -6.74. The van der Waals surface area contributed by atoms with Gasteiger partial charge in [-0.2, -0.15) is 0 Å². The van der Waals surface area contributed by atoms with Crippen LogP contribution >= 0.6 is 11.3 Å². The molecule has 1 nitrogen and oxygen atoms in total. The average Bonchev–Trinajstić information content (AvgIpc) is 3.64. The van der Waals surface area contributed by atoms with Crippen LogP contribution in [0.5, 0.6) is 0 Å². The van der Waals surface area contributed by atoms with Crippen molar-refractivity contribution in [2.45, 2.75) is 0 Å². The summed E-state index contributed by atoms with van der Waals surface area (Å²) in [5.41, 5.74) is 13.1. The number of thiophene rings is 1. The molecule has 1 heterocycles. The van der Waals surface area contributed by atoms with E-state index in [9.17, 15) is 0 Å². The van der Waals surface area contributed by atoms with Crippen LogP contribution in [0.4, 0.5) is 17.1 Å². The summed E-state index contributed by atoms with van der Waals surface area (Å²) in [5.74, 6) is 0. The number of anilines is 3. The fraction of sp³-hybridized carbons (Fsp3) is 0. The predicted molar refractivity (Wildman–Crippen MR) is 233 cm³/mol. The highest BCUT2D eigenvalue weighted by Crippen LogP contribution is 2.45. The maximum absolute atomic E-state index is 2.41. The standard InChI is InChI=1S/C52H35NS/c1-2-11-36(12-3-1)38-25-29-46(30-26-38)53(49-20-10-22-51-52(49)48-19-6-7-21-50(48)54-51)47-31-27-39(28-32-47)41-15-8-16-42(33-41)43-17-9-18-44(35-43)45-24-23-37-13-4-5-14-40(37)34-45/h1-35H. The van der Waals surface area contributed by atoms with Crippen LogP contribution in [0, 0.1) is 0 Å². The highest BCUT2D eigenvalue weighted by atomic mass is 32.1. The lowest BCUT2D eigenvalue weighted by Gasteiger charge is -2.27. The summed E-state index contributed by atoms with van der Waals surface area (Å²) in [4.78, 5) is 2.41. The molecule has 0 aliphatic rings. The summed E-state index contributed by atoms with van der Waals surface area (Å²) in [5, 5.41) is 5.09. The molecule has 2 heteroatoms. The Morgan fingerprint density at radius 3 is 1.44 bits per heavy atom. The smallest absolute Gasteiger partial charge is 0.0554 e. The first kappa shape index (κ1) is 32.0. The van der Waals surface area contributed by atoms with Crippen molar-refractivity contribution in [1.82, 2.24) is 0 Å². The quantitative estimate of drug-likeness (QED) is 0.160. The van der Waals surface area contributed by atoms with E-state index >= 15 is 0 Å². The van der Waals surface area contributed by atoms with E-state index in [1.165, 1.54) is 81.1 Å². The number of nitrogens with zero attached hydrogens (tertiary/aromatic N) is 1. The molecule has 0 aliphatic carbocycles. The third kappa shape index (κ3) is 5.93. The Labute approximate surface area is 319 Å². The number of fused-ring (bicyclic) bond motifs is 4. The molecule has 54 heavy (non-hydrogen) atoms. The van der Waals surface area contributed by atoms with E-state index in [-0.39, 0.29) is 0 Å². The maximum atomic E-state index is 2.41. The van der Waals surface area contributed by atoms with Crippen molar-refractivity contribution in [2.24, 2.45) is 0 Å². The van der Waals surface area contributed by atoms with Crippen molar-refractivity contribution in [3.05, 3.63) is 212 Å². The van der Waals surface area contributed by atoms with Crippen LogP contribution in [0.3, 0.4) is 0 Å². The zero-order valence-corrected chi connectivity index (χ0v) is 30.4. The molecule has 0 aliphatic heterocycles. The molecule has 0 atom stereocenters. The van der Waals surface area contributed by atoms with Crippen LogP contribution in [0.2, 0.25) is 0 Å². The van der Waals surface area contributed by atoms with Gasteiger partial charge in [0.1, 0.15) is 0 Å². The molecule has 0 radical (unpaired) electrons. The van der Waals surface area contributed by atoms with E-state index in [0.717, 1.165) is 11.4 Å². The molecule has 254 valence electrons. The summed E-state index contributed by atoms with van der Waals surface area (Å²) < 4.78 is 2.59. The Bertz CT molecular complexity index is 2920. The number of hydrogen-bond acceptors (Lipinski definition) is 2. The number of hydrogen-bond donors (Lipinski definition) is 0. The lowest BCUT2D eigenvalue weighted by molar-refractivity contribution is 1.30. The molecule has 0 saturated carbocycles. The Morgan fingerprint density at radius 2 is 0.759 bits per heavy atom. The molecule has 0 spiro atoms. The zero-order chi connectivity index (χ0) is 35.8. The lowest BCUT2D eigenvalue weighted by Crippen LogP contribution is -2.10. The molecular weight excluding hydrogens is 671 g/mol. The van der Waals surface area contributed by atoms with Gasteiger partial charge >= 0.3 is 0 Å². The van der Waals surface area contributed by atoms with Crippen molar-refractivity contribution >= 4 is 59.3 Å². The van der Waals surface area contributed by atoms with Crippen molar-refractivity contribution in [2.75, 3.05) is 4.90 Å². The Kier molecular flexibility index (Phi) is 8.09. The summed E-state index contributed by atoms with van der Waals surface area (Å²) in [7, 11) is 0. The van der Waals surface area contributed by atoms with Crippen molar-refractivity contribution in [3.63, 3.8) is 0 Å². The molecule has 0 unspecified atom stereocenters. The Morgan fingerprint density at radius 1 is 0.296 bits per heavy atom. The van der Waals surface area contributed by atoms with E-state index in [0.29, 0.717) is 0 Å². The van der Waals surface area contributed by atoms with Crippen LogP contribution in [0.15, 0.2) is 212 Å². The summed E-state index contributed by atoms with van der Waals surface area (Å²) in [6.45, 7) is 0. The molecule has 10 aromatic rings. The second kappa shape index (κ2) is 13.7. The minimum Gasteiger partial charge on any atom is -0.310 e. The normalized spacial score (nSPS) is 11.3. The van der Waals surface area contributed by atoms with Gasteiger partial charge in [-0.05, 0) is 116 Å². The Balaban J connectivity index is 1.02. The lowest BCUT2D eigenvalue weighted by atomic mass is 9.95. The van der Waals surface area contributed by atoms with Crippen LogP contribution < -0.4 is 4.90 Å². The van der Waals surface area contributed by atoms with Crippen LogP contribution in [0.1, 0.15) is 0 Å². The molecule has 9 aromatic carbocycles. The van der Waals surface area contributed by atoms with Crippen LogP contribution in [0.25, 0.3) is 75.5 Å². The molecule has 0 bridgehead atoms. The van der Waals surface area contributed by atoms with E-state index in [2.05, 4.69) is 217 Å². The van der Waals surface area contributed by atoms with Crippen molar-refractivity contribution < 1.29 is 0 Å². The highest BCUT2D eigenvalue weighted by molar-refractivity contribution is 7.26. The van der Waals surface area contributed by atoms with E-state index in [4.69, 9.17) is 0 Å². The van der Waals surface area contributed by atoms with Gasteiger partial charge in [-0.25, -0.2) is 0 Å². The first-order valence-corrected chi connectivity index (χ1v) is 19.2. The fourth-order valence-corrected chi connectivity index (χ4v) is 8.86. The molecule has 10 rings (SSSR count). The summed E-state index contributed by atoms with van der Waals surface area (Å²) in [6.07, 6.45) is 0. The molecular formula is C52H35NS. The maximum Gasteiger partial charge on any atom is 0.0554 e. The highest BCUT2D eigenvalue weighted by Gasteiger charge is 2.19. The second-order valence-corrected chi connectivity index (χ2v) is 14.9. The summed E-state index contributed by atoms with van der Waals surface area (Å²) in [6, 6.07) is 77.1. The van der Waals surface area contributed by atoms with Gasteiger partial charge in [0.05, 0.1) is 5.69 Å². The zero-order valence-electron chi connectivity index (χ0n) is 29.6. The monoisotopic (exact) mass is 705 g/mol. The third-order valence-corrected chi connectivity index (χ3v) is 11.6. The van der Waals surface area contributed by atoms with Crippen LogP contribution in [-0.2, 0) is 0 Å². The van der Waals surface area contributed by atoms with Crippen molar-refractivity contribution in [3.8, 4) is 44.5 Å². The van der Waals surface area contributed by atoms with Crippen LogP contribution in [-0.4, -0.2) is 0 Å². The minimum atomic E-state index is 1.12. The summed E-state index contributed by atoms with van der Waals surface area (Å²) >= 11 is 1.86. The van der Waals surface area contributed by atoms with Gasteiger partial charge in [0.15, 0.2) is 0 Å². The molecule has 0 saturated heterocycles. The largest absolute Gasteiger partial charge is 0.310 e. The fourth-order valence-electron chi connectivity index (χ4n) is 7.73. The van der Waals surface area contributed by atoms with Gasteiger partial charge in [-0.3, -0.25) is 0 Å². The van der Waals surface area contributed by atoms with E-state index < -0.39 is 0 Å². The van der Waals surface area contributed by atoms with Gasteiger partial charge in [0.25, 0.3) is 0 Å². The molecule has 1 aromatic heterocycles. The van der Waals surface area contributed by atoms with Gasteiger partial charge in [0.2, 0.25) is 0 Å². The first-order chi connectivity index (χ1) is 26.7. The number of benzene rings is 9. The van der Waals surface area contributed by atoms with E-state index in [1.807, 2.05) is 11.3 Å². The van der Waals surface area contributed by atoms with Gasteiger partial charge < -0.3 is 4.90 Å². The van der Waals surface area contributed by atoms with Gasteiger partial charge in [-0.15, -0.1) is 11.3 Å². The van der Waals surface area contributed by atoms with Gasteiger partial charge in [-0.1, -0.05) is 152 Å². The predicted octanol–water partition coefficient (Wildman–Crippen LogP) is 15.3. The SMILES string of the molecule is c1ccc(-c2ccc(N(c3ccc(-c4cccc(-c5cccc(-c6ccc7ccccc7c6)c5)c4)cc3)c3cccc4sc5ccccc5c34)cc2)cc1. The third-order valence-electron chi connectivity index (χ3n) is 10.5. The second-order valence-electron chi connectivity index (χ2n) is 13.8. The number of rotatable bonds is 7. The van der Waals surface area contributed by atoms with Crippen molar-refractivity contribution in [1.29, 1.82) is 0 Å². The first-order valence-electron chi connectivity index (χ1n) is 18.4. The molecule has 0 amide bonds. The molecule has 0 fully saturated rings. The average molecular weight is 706 g/mol. The topological polar surface area (TPSA) is 3.24 Å². The van der Waals surface area contributed by atoms with E-state index in [1.54, 1.807) is 0 Å². The minimum absolute atomic E-state index is 1.12. The van der Waals surface area contributed by atoms with Gasteiger partial charge in [0, 0.05) is 31.5 Å². The molecule has 0 N–H and O–H groups in total.